The minimum absolute atomic E-state index is 0.152. The topological polar surface area (TPSA) is 52.5 Å². The lowest BCUT2D eigenvalue weighted by atomic mass is 9.85. The summed E-state index contributed by atoms with van der Waals surface area (Å²) in [6.07, 6.45) is 7.32. The summed E-state index contributed by atoms with van der Waals surface area (Å²) in [5, 5.41) is 19.0. The molecule has 1 saturated heterocycles. The molecular formula is C18H30N4O. The van der Waals surface area contributed by atoms with Crippen LogP contribution in [-0.2, 0) is 0 Å². The van der Waals surface area contributed by atoms with Crippen LogP contribution in [0.25, 0.3) is 0 Å². The lowest BCUT2D eigenvalue weighted by Crippen LogP contribution is -2.39. The highest BCUT2D eigenvalue weighted by Crippen LogP contribution is 2.27. The van der Waals surface area contributed by atoms with E-state index in [0.717, 1.165) is 50.7 Å². The molecule has 1 aliphatic carbocycles. The van der Waals surface area contributed by atoms with Crippen molar-refractivity contribution in [1.29, 1.82) is 0 Å². The first-order valence-electron chi connectivity index (χ1n) is 9.18. The van der Waals surface area contributed by atoms with Gasteiger partial charge in [-0.05, 0) is 50.8 Å². The predicted octanol–water partition coefficient (Wildman–Crippen LogP) is 2.24. The van der Waals surface area contributed by atoms with Gasteiger partial charge in [0, 0.05) is 26.2 Å². The van der Waals surface area contributed by atoms with E-state index in [2.05, 4.69) is 26.1 Å². The minimum Gasteiger partial charge on any atom is -0.392 e. The number of aryl methyl sites for hydroxylation is 1. The third-order valence-electron chi connectivity index (χ3n) is 5.34. The van der Waals surface area contributed by atoms with E-state index >= 15 is 0 Å². The number of nitrogens with zero attached hydrogens (tertiary/aromatic N) is 4. The van der Waals surface area contributed by atoms with Gasteiger partial charge in [-0.25, -0.2) is 0 Å². The van der Waals surface area contributed by atoms with Gasteiger partial charge in [-0.2, -0.15) is 5.10 Å². The average Bonchev–Trinajstić information content (AvgIpc) is 2.82. The molecule has 3 rings (SSSR count). The van der Waals surface area contributed by atoms with Crippen LogP contribution >= 0.6 is 0 Å². The molecule has 2 aliphatic rings. The summed E-state index contributed by atoms with van der Waals surface area (Å²) < 4.78 is 0. The van der Waals surface area contributed by atoms with E-state index in [-0.39, 0.29) is 6.10 Å². The molecule has 1 atom stereocenters. The largest absolute Gasteiger partial charge is 0.392 e. The first-order chi connectivity index (χ1) is 11.2. The van der Waals surface area contributed by atoms with Crippen LogP contribution in [0, 0.1) is 12.8 Å². The van der Waals surface area contributed by atoms with E-state index in [1.807, 2.05) is 13.0 Å². The molecule has 0 bridgehead atoms. The Bertz CT molecular complexity index is 472. The van der Waals surface area contributed by atoms with Gasteiger partial charge in [0.05, 0.1) is 11.8 Å². The molecule has 1 unspecified atom stereocenters. The van der Waals surface area contributed by atoms with E-state index in [0.29, 0.717) is 5.92 Å². The van der Waals surface area contributed by atoms with Crippen LogP contribution < -0.4 is 4.90 Å². The molecule has 0 aromatic carbocycles. The van der Waals surface area contributed by atoms with Gasteiger partial charge in [0.1, 0.15) is 0 Å². The monoisotopic (exact) mass is 318 g/mol. The van der Waals surface area contributed by atoms with E-state index < -0.39 is 0 Å². The second kappa shape index (κ2) is 8.06. The smallest absolute Gasteiger partial charge is 0.151 e. The van der Waals surface area contributed by atoms with Crippen LogP contribution in [0.4, 0.5) is 5.82 Å². The molecule has 0 amide bonds. The van der Waals surface area contributed by atoms with Crippen molar-refractivity contribution < 1.29 is 5.11 Å². The van der Waals surface area contributed by atoms with Gasteiger partial charge in [-0.15, -0.1) is 5.10 Å². The van der Waals surface area contributed by atoms with E-state index in [1.54, 1.807) is 0 Å². The Kier molecular flexibility index (Phi) is 5.84. The summed E-state index contributed by atoms with van der Waals surface area (Å²) in [4.78, 5) is 4.75. The maximum Gasteiger partial charge on any atom is 0.151 e. The number of anilines is 1. The molecule has 2 fully saturated rings. The van der Waals surface area contributed by atoms with E-state index in [4.69, 9.17) is 0 Å². The summed E-state index contributed by atoms with van der Waals surface area (Å²) in [7, 11) is 0. The maximum absolute atomic E-state index is 10.6. The van der Waals surface area contributed by atoms with Crippen molar-refractivity contribution in [1.82, 2.24) is 15.1 Å². The number of aliphatic hydroxyl groups is 1. The molecule has 1 aromatic rings. The quantitative estimate of drug-likeness (QED) is 0.923. The van der Waals surface area contributed by atoms with Crippen molar-refractivity contribution in [3.8, 4) is 0 Å². The molecule has 5 nitrogen and oxygen atoms in total. The Labute approximate surface area is 139 Å². The van der Waals surface area contributed by atoms with Crippen molar-refractivity contribution in [3.05, 3.63) is 17.8 Å². The summed E-state index contributed by atoms with van der Waals surface area (Å²) >= 11 is 0. The fraction of sp³-hybridized carbons (Fsp3) is 0.778. The number of rotatable bonds is 4. The van der Waals surface area contributed by atoms with Crippen LogP contribution in [0.1, 0.15) is 44.2 Å². The molecule has 5 heteroatoms. The van der Waals surface area contributed by atoms with Crippen LogP contribution in [-0.4, -0.2) is 59.0 Å². The number of hydrogen-bond donors (Lipinski definition) is 1. The fourth-order valence-corrected chi connectivity index (χ4v) is 3.88. The zero-order chi connectivity index (χ0) is 16.1. The first-order valence-corrected chi connectivity index (χ1v) is 9.18. The normalized spacial score (nSPS) is 22.8. The fourth-order valence-electron chi connectivity index (χ4n) is 3.88. The first kappa shape index (κ1) is 16.7. The van der Waals surface area contributed by atoms with Gasteiger partial charge in [-0.1, -0.05) is 19.3 Å². The number of β-amino-alcohol motifs (C(OH)–C–C–N with tert-alkyl or cyclic N) is 1. The van der Waals surface area contributed by atoms with Crippen molar-refractivity contribution in [2.45, 2.75) is 51.6 Å². The lowest BCUT2D eigenvalue weighted by Gasteiger charge is -2.31. The Morgan fingerprint density at radius 1 is 1.04 bits per heavy atom. The predicted molar refractivity (Wildman–Crippen MR) is 92.6 cm³/mol. The molecule has 0 radical (unpaired) electrons. The summed E-state index contributed by atoms with van der Waals surface area (Å²) in [5.74, 6) is 1.50. The second-order valence-corrected chi connectivity index (χ2v) is 7.14. The van der Waals surface area contributed by atoms with Crippen LogP contribution in [0.3, 0.4) is 0 Å². The Morgan fingerprint density at radius 2 is 1.87 bits per heavy atom. The van der Waals surface area contributed by atoms with Crippen molar-refractivity contribution in [2.24, 2.45) is 5.92 Å². The number of aliphatic hydroxyl groups excluding tert-OH is 1. The summed E-state index contributed by atoms with van der Waals surface area (Å²) in [6.45, 7) is 6.85. The highest BCUT2D eigenvalue weighted by molar-refractivity contribution is 5.37. The minimum atomic E-state index is -0.152. The van der Waals surface area contributed by atoms with Crippen LogP contribution in [0.2, 0.25) is 0 Å². The van der Waals surface area contributed by atoms with Crippen LogP contribution in [0.5, 0.6) is 0 Å². The van der Waals surface area contributed by atoms with Crippen molar-refractivity contribution in [2.75, 3.05) is 37.6 Å². The molecular weight excluding hydrogens is 288 g/mol. The SMILES string of the molecule is Cc1ccc(N2CCCN(CC(O)C3CCCCC3)CC2)nn1. The third kappa shape index (κ3) is 4.64. The molecule has 1 N–H and O–H groups in total. The molecule has 1 aromatic heterocycles. The molecule has 1 aliphatic heterocycles. The number of hydrogen-bond acceptors (Lipinski definition) is 5. The molecule has 0 spiro atoms. The van der Waals surface area contributed by atoms with Gasteiger partial charge >= 0.3 is 0 Å². The van der Waals surface area contributed by atoms with Gasteiger partial charge in [0.25, 0.3) is 0 Å². The third-order valence-corrected chi connectivity index (χ3v) is 5.34. The molecule has 1 saturated carbocycles. The average molecular weight is 318 g/mol. The molecule has 128 valence electrons. The second-order valence-electron chi connectivity index (χ2n) is 7.14. The standard InChI is InChI=1S/C18H30N4O/c1-15-8-9-18(20-19-15)22-11-5-10-21(12-13-22)14-17(23)16-6-3-2-4-7-16/h8-9,16-17,23H,2-7,10-14H2,1H3. The lowest BCUT2D eigenvalue weighted by molar-refractivity contribution is 0.0496. The Balaban J connectivity index is 1.50. The number of aromatic nitrogens is 2. The summed E-state index contributed by atoms with van der Waals surface area (Å²) in [5.41, 5.74) is 0.959. The molecule has 2 heterocycles. The highest BCUT2D eigenvalue weighted by Gasteiger charge is 2.25. The van der Waals surface area contributed by atoms with Gasteiger partial charge < -0.3 is 10.0 Å². The van der Waals surface area contributed by atoms with Gasteiger partial charge in [-0.3, -0.25) is 4.90 Å². The van der Waals surface area contributed by atoms with E-state index in [9.17, 15) is 5.11 Å². The van der Waals surface area contributed by atoms with Crippen LogP contribution in [0.15, 0.2) is 12.1 Å². The zero-order valence-electron chi connectivity index (χ0n) is 14.3. The zero-order valence-corrected chi connectivity index (χ0v) is 14.3. The van der Waals surface area contributed by atoms with Crippen molar-refractivity contribution in [3.63, 3.8) is 0 Å². The summed E-state index contributed by atoms with van der Waals surface area (Å²) in [6, 6.07) is 4.09. The Hall–Kier alpha value is -1.20. The van der Waals surface area contributed by atoms with E-state index in [1.165, 1.54) is 32.1 Å². The van der Waals surface area contributed by atoms with Gasteiger partial charge in [0.15, 0.2) is 5.82 Å². The Morgan fingerprint density at radius 3 is 2.61 bits per heavy atom. The molecule has 23 heavy (non-hydrogen) atoms. The maximum atomic E-state index is 10.6. The highest BCUT2D eigenvalue weighted by atomic mass is 16.3. The van der Waals surface area contributed by atoms with Gasteiger partial charge in [0.2, 0.25) is 0 Å². The van der Waals surface area contributed by atoms with Crippen molar-refractivity contribution >= 4 is 5.82 Å².